The van der Waals surface area contributed by atoms with Gasteiger partial charge in [-0.3, -0.25) is 15.0 Å². The number of aliphatic imine (C=N–C) groups is 1. The van der Waals surface area contributed by atoms with Gasteiger partial charge in [-0.05, 0) is 6.92 Å². The van der Waals surface area contributed by atoms with Crippen LogP contribution in [0.15, 0.2) is 28.0 Å². The number of aromatic nitrogens is 3. The van der Waals surface area contributed by atoms with Crippen molar-refractivity contribution in [2.75, 3.05) is 33.2 Å². The highest BCUT2D eigenvalue weighted by molar-refractivity contribution is 14.0. The van der Waals surface area contributed by atoms with Gasteiger partial charge in [0.25, 0.3) is 0 Å². The molecule has 0 unspecified atom stereocenters. The van der Waals surface area contributed by atoms with Crippen molar-refractivity contribution in [2.45, 2.75) is 20.0 Å². The molecule has 0 saturated carbocycles. The van der Waals surface area contributed by atoms with Gasteiger partial charge in [0.15, 0.2) is 5.96 Å². The molecule has 132 valence electrons. The van der Waals surface area contributed by atoms with Crippen LogP contribution in [0.25, 0.3) is 0 Å². The van der Waals surface area contributed by atoms with E-state index in [-0.39, 0.29) is 24.0 Å². The molecule has 0 radical (unpaired) electrons. The van der Waals surface area contributed by atoms with Gasteiger partial charge in [-0.25, -0.2) is 0 Å². The smallest absolute Gasteiger partial charge is 0.194 e. The summed E-state index contributed by atoms with van der Waals surface area (Å²) >= 11 is 0. The summed E-state index contributed by atoms with van der Waals surface area (Å²) in [5.74, 6) is 0.937. The Morgan fingerprint density at radius 2 is 2.17 bits per heavy atom. The van der Waals surface area contributed by atoms with E-state index in [0.717, 1.165) is 62.2 Å². The van der Waals surface area contributed by atoms with Crippen LogP contribution >= 0.6 is 24.0 Å². The number of nitrogens with one attached hydrogen (secondary N) is 2. The van der Waals surface area contributed by atoms with E-state index in [1.54, 1.807) is 6.26 Å². The van der Waals surface area contributed by atoms with Crippen molar-refractivity contribution in [1.82, 2.24) is 30.5 Å². The van der Waals surface area contributed by atoms with E-state index in [1.165, 1.54) is 0 Å². The quantitative estimate of drug-likeness (QED) is 0.418. The Balaban J connectivity index is 0.00000208. The molecule has 1 fully saturated rings. The molecule has 0 aromatic carbocycles. The Labute approximate surface area is 158 Å². The maximum absolute atomic E-state index is 4.89. The lowest BCUT2D eigenvalue weighted by Gasteiger charge is -2.36. The average molecular weight is 445 g/mol. The summed E-state index contributed by atoms with van der Waals surface area (Å²) in [4.78, 5) is 9.06. The first-order valence-corrected chi connectivity index (χ1v) is 7.82. The number of nitrogens with zero attached hydrogens (tertiary/aromatic N) is 5. The van der Waals surface area contributed by atoms with Crippen LogP contribution in [0.4, 0.5) is 0 Å². The molecule has 1 aliphatic rings. The maximum atomic E-state index is 4.89. The molecule has 0 spiro atoms. The highest BCUT2D eigenvalue weighted by atomic mass is 127. The molecule has 2 N–H and O–H groups in total. The summed E-state index contributed by atoms with van der Waals surface area (Å²) in [6.45, 7) is 7.45. The summed E-state index contributed by atoms with van der Waals surface area (Å²) in [6, 6.07) is 1.92. The third-order valence-electron chi connectivity index (χ3n) is 4.13. The normalized spacial score (nSPS) is 16.1. The van der Waals surface area contributed by atoms with Crippen molar-refractivity contribution < 1.29 is 4.52 Å². The molecule has 0 atom stereocenters. The molecule has 1 aliphatic heterocycles. The van der Waals surface area contributed by atoms with Crippen molar-refractivity contribution in [2.24, 2.45) is 4.99 Å². The Kier molecular flexibility index (Phi) is 7.03. The number of hydrogen-bond acceptors (Lipinski definition) is 5. The fraction of sp³-hybridized carbons (Fsp3) is 0.533. The van der Waals surface area contributed by atoms with Gasteiger partial charge < -0.3 is 14.7 Å². The number of aryl methyl sites for hydroxylation is 1. The molecule has 0 aliphatic carbocycles. The second kappa shape index (κ2) is 9.02. The lowest BCUT2D eigenvalue weighted by molar-refractivity contribution is 0.169. The maximum Gasteiger partial charge on any atom is 0.194 e. The van der Waals surface area contributed by atoms with E-state index in [9.17, 15) is 0 Å². The van der Waals surface area contributed by atoms with Gasteiger partial charge in [0.05, 0.1) is 11.9 Å². The molecule has 0 amide bonds. The zero-order valence-electron chi connectivity index (χ0n) is 14.0. The van der Waals surface area contributed by atoms with Crippen molar-refractivity contribution in [3.8, 4) is 0 Å². The van der Waals surface area contributed by atoms with E-state index < -0.39 is 0 Å². The molecular formula is C15H24IN7O. The van der Waals surface area contributed by atoms with Gasteiger partial charge >= 0.3 is 0 Å². The summed E-state index contributed by atoms with van der Waals surface area (Å²) in [5, 5.41) is 14.4. The first-order chi connectivity index (χ1) is 11.3. The van der Waals surface area contributed by atoms with E-state index in [1.807, 2.05) is 26.2 Å². The molecule has 2 aromatic rings. The van der Waals surface area contributed by atoms with E-state index in [2.05, 4.69) is 35.5 Å². The van der Waals surface area contributed by atoms with E-state index in [0.29, 0.717) is 0 Å². The molecule has 1 saturated heterocycles. The Hall–Kier alpha value is -1.62. The van der Waals surface area contributed by atoms with Gasteiger partial charge in [0.1, 0.15) is 6.26 Å². The molecule has 3 rings (SSSR count). The molecule has 9 heteroatoms. The predicted molar refractivity (Wildman–Crippen MR) is 102 cm³/mol. The summed E-state index contributed by atoms with van der Waals surface area (Å²) in [7, 11) is 1.83. The van der Waals surface area contributed by atoms with Crippen LogP contribution < -0.4 is 5.32 Å². The van der Waals surface area contributed by atoms with Crippen molar-refractivity contribution in [3.05, 3.63) is 35.5 Å². The first-order valence-electron chi connectivity index (χ1n) is 7.82. The van der Waals surface area contributed by atoms with Crippen LogP contribution in [0.1, 0.15) is 17.0 Å². The highest BCUT2D eigenvalue weighted by Gasteiger charge is 2.20. The molecule has 0 bridgehead atoms. The molecular weight excluding hydrogens is 421 g/mol. The molecule has 3 heterocycles. The lowest BCUT2D eigenvalue weighted by atomic mass is 10.2. The van der Waals surface area contributed by atoms with Gasteiger partial charge in [-0.15, -0.1) is 24.0 Å². The number of rotatable bonds is 4. The summed E-state index contributed by atoms with van der Waals surface area (Å²) in [6.07, 6.45) is 3.47. The molecule has 24 heavy (non-hydrogen) atoms. The van der Waals surface area contributed by atoms with Crippen LogP contribution in [0.2, 0.25) is 0 Å². The summed E-state index contributed by atoms with van der Waals surface area (Å²) < 4.78 is 4.89. The van der Waals surface area contributed by atoms with E-state index >= 15 is 0 Å². The van der Waals surface area contributed by atoms with E-state index in [4.69, 9.17) is 4.52 Å². The van der Waals surface area contributed by atoms with Crippen LogP contribution in [0.5, 0.6) is 0 Å². The van der Waals surface area contributed by atoms with Gasteiger partial charge in [-0.2, -0.15) is 5.10 Å². The molecule has 2 aromatic heterocycles. The minimum Gasteiger partial charge on any atom is -0.364 e. The minimum absolute atomic E-state index is 0. The lowest BCUT2D eigenvalue weighted by Crippen LogP contribution is -2.52. The number of piperazine rings is 1. The standard InChI is InChI=1S/C15H23N7O.HI/c1-12-13(10-18-19-12)9-17-15(16-2)22-6-4-21(5-7-22)11-14-3-8-23-20-14;/h3,8,10H,4-7,9,11H2,1-2H3,(H,16,17)(H,18,19);1H. The minimum atomic E-state index is 0. The topological polar surface area (TPSA) is 85.6 Å². The predicted octanol–water partition coefficient (Wildman–Crippen LogP) is 1.22. The van der Waals surface area contributed by atoms with Gasteiger partial charge in [0, 0.05) is 63.6 Å². The van der Waals surface area contributed by atoms with Crippen molar-refractivity contribution in [3.63, 3.8) is 0 Å². The van der Waals surface area contributed by atoms with Crippen LogP contribution in [0, 0.1) is 6.92 Å². The SMILES string of the molecule is CN=C(NCc1cn[nH]c1C)N1CCN(Cc2ccon2)CC1.I. The second-order valence-electron chi connectivity index (χ2n) is 5.67. The third kappa shape index (κ3) is 4.69. The number of aromatic amines is 1. The van der Waals surface area contributed by atoms with Crippen LogP contribution in [0.3, 0.4) is 0 Å². The van der Waals surface area contributed by atoms with Crippen molar-refractivity contribution >= 4 is 29.9 Å². The summed E-state index contributed by atoms with van der Waals surface area (Å²) in [5.41, 5.74) is 3.23. The first kappa shape index (κ1) is 18.7. The van der Waals surface area contributed by atoms with Gasteiger partial charge in [0.2, 0.25) is 0 Å². The second-order valence-corrected chi connectivity index (χ2v) is 5.67. The monoisotopic (exact) mass is 445 g/mol. The van der Waals surface area contributed by atoms with Crippen LogP contribution in [-0.4, -0.2) is 64.3 Å². The largest absolute Gasteiger partial charge is 0.364 e. The number of halogens is 1. The van der Waals surface area contributed by atoms with Gasteiger partial charge in [-0.1, -0.05) is 5.16 Å². The number of hydrogen-bond donors (Lipinski definition) is 2. The number of guanidine groups is 1. The zero-order valence-corrected chi connectivity index (χ0v) is 16.4. The Morgan fingerprint density at radius 3 is 2.75 bits per heavy atom. The average Bonchev–Trinajstić information content (AvgIpc) is 3.21. The van der Waals surface area contributed by atoms with Crippen molar-refractivity contribution in [1.29, 1.82) is 0 Å². The Morgan fingerprint density at radius 1 is 1.38 bits per heavy atom. The third-order valence-corrected chi connectivity index (χ3v) is 4.13. The zero-order chi connectivity index (χ0) is 16.1. The fourth-order valence-corrected chi connectivity index (χ4v) is 2.73. The number of H-pyrrole nitrogens is 1. The molecule has 8 nitrogen and oxygen atoms in total. The van der Waals surface area contributed by atoms with Crippen LogP contribution in [-0.2, 0) is 13.1 Å². The fourth-order valence-electron chi connectivity index (χ4n) is 2.73. The highest BCUT2D eigenvalue weighted by Crippen LogP contribution is 2.08. The Bertz CT molecular complexity index is 632.